The van der Waals surface area contributed by atoms with Crippen molar-refractivity contribution in [2.75, 3.05) is 13.1 Å². The molecule has 6 nitrogen and oxygen atoms in total. The Labute approximate surface area is 186 Å². The van der Waals surface area contributed by atoms with Gasteiger partial charge in [0.05, 0.1) is 17.2 Å². The molecular formula is C20H26IN5OS. The lowest BCUT2D eigenvalue weighted by Crippen LogP contribution is -2.38. The number of nitrogens with zero attached hydrogens (tertiary/aromatic N) is 3. The highest BCUT2D eigenvalue weighted by Gasteiger charge is 2.07. The standard InChI is InChI=1S/C20H25N5OS.HI/c1-4-21-20(22-11-10-18-14(2)24-15(3)27-18)23-12-17-13-26-19(25-17)16-8-6-5-7-9-16;/h5-9,13H,4,10-12H2,1-3H3,(H2,21,22,23);1H. The van der Waals surface area contributed by atoms with Crippen molar-refractivity contribution in [2.45, 2.75) is 33.7 Å². The Kier molecular flexibility index (Phi) is 8.91. The van der Waals surface area contributed by atoms with Gasteiger partial charge in [-0.25, -0.2) is 15.0 Å². The fraction of sp³-hybridized carbons (Fsp3) is 0.350. The Balaban J connectivity index is 0.00000280. The van der Waals surface area contributed by atoms with E-state index in [1.165, 1.54) is 4.88 Å². The first-order chi connectivity index (χ1) is 13.2. The summed E-state index contributed by atoms with van der Waals surface area (Å²) in [6.45, 7) is 8.23. The highest BCUT2D eigenvalue weighted by molar-refractivity contribution is 14.0. The number of halogens is 1. The molecule has 0 bridgehead atoms. The molecule has 0 amide bonds. The molecule has 0 radical (unpaired) electrons. The fourth-order valence-electron chi connectivity index (χ4n) is 2.69. The number of aliphatic imine (C=N–C) groups is 1. The van der Waals surface area contributed by atoms with Crippen molar-refractivity contribution in [3.63, 3.8) is 0 Å². The molecular weight excluding hydrogens is 485 g/mol. The van der Waals surface area contributed by atoms with E-state index in [0.717, 1.165) is 47.4 Å². The number of benzene rings is 1. The highest BCUT2D eigenvalue weighted by atomic mass is 127. The number of oxazole rings is 1. The van der Waals surface area contributed by atoms with Gasteiger partial charge in [0.15, 0.2) is 5.96 Å². The number of nitrogens with one attached hydrogen (secondary N) is 2. The van der Waals surface area contributed by atoms with E-state index in [0.29, 0.717) is 12.4 Å². The highest BCUT2D eigenvalue weighted by Crippen LogP contribution is 2.18. The topological polar surface area (TPSA) is 75.3 Å². The van der Waals surface area contributed by atoms with E-state index in [1.807, 2.05) is 37.3 Å². The minimum absolute atomic E-state index is 0. The van der Waals surface area contributed by atoms with Crippen LogP contribution in [0.3, 0.4) is 0 Å². The molecule has 0 saturated heterocycles. The summed E-state index contributed by atoms with van der Waals surface area (Å²) >= 11 is 1.76. The largest absolute Gasteiger partial charge is 0.444 e. The van der Waals surface area contributed by atoms with Crippen LogP contribution in [0.5, 0.6) is 0 Å². The van der Waals surface area contributed by atoms with Crippen LogP contribution in [-0.4, -0.2) is 29.0 Å². The average Bonchev–Trinajstić information content (AvgIpc) is 3.27. The molecule has 150 valence electrons. The number of aromatic nitrogens is 2. The molecule has 0 atom stereocenters. The molecule has 0 aliphatic heterocycles. The lowest BCUT2D eigenvalue weighted by Gasteiger charge is -2.10. The number of hydrogen-bond acceptors (Lipinski definition) is 5. The third kappa shape index (κ3) is 6.30. The lowest BCUT2D eigenvalue weighted by atomic mass is 10.2. The Morgan fingerprint density at radius 2 is 1.93 bits per heavy atom. The summed E-state index contributed by atoms with van der Waals surface area (Å²) < 4.78 is 5.57. The Bertz CT molecular complexity index is 891. The summed E-state index contributed by atoms with van der Waals surface area (Å²) in [5.41, 5.74) is 2.89. The number of aryl methyl sites for hydroxylation is 2. The maximum absolute atomic E-state index is 5.57. The maximum atomic E-state index is 5.57. The molecule has 0 unspecified atom stereocenters. The number of guanidine groups is 1. The van der Waals surface area contributed by atoms with Crippen LogP contribution in [0, 0.1) is 13.8 Å². The van der Waals surface area contributed by atoms with Gasteiger partial charge < -0.3 is 15.1 Å². The predicted octanol–water partition coefficient (Wildman–Crippen LogP) is 4.33. The SMILES string of the molecule is CCNC(=NCc1coc(-c2ccccc2)n1)NCCc1sc(C)nc1C.I. The molecule has 1 aromatic carbocycles. The van der Waals surface area contributed by atoms with Gasteiger partial charge in [-0.15, -0.1) is 35.3 Å². The van der Waals surface area contributed by atoms with Gasteiger partial charge in [0.1, 0.15) is 12.0 Å². The molecule has 2 heterocycles. The van der Waals surface area contributed by atoms with Crippen molar-refractivity contribution in [1.82, 2.24) is 20.6 Å². The van der Waals surface area contributed by atoms with Gasteiger partial charge in [0.25, 0.3) is 0 Å². The third-order valence-corrected chi connectivity index (χ3v) is 5.09. The molecule has 28 heavy (non-hydrogen) atoms. The van der Waals surface area contributed by atoms with E-state index in [9.17, 15) is 0 Å². The van der Waals surface area contributed by atoms with Crippen molar-refractivity contribution in [2.24, 2.45) is 4.99 Å². The molecule has 0 fully saturated rings. The molecule has 8 heteroatoms. The smallest absolute Gasteiger partial charge is 0.226 e. The van der Waals surface area contributed by atoms with Crippen LogP contribution in [-0.2, 0) is 13.0 Å². The van der Waals surface area contributed by atoms with Gasteiger partial charge in [0.2, 0.25) is 5.89 Å². The molecule has 3 aromatic rings. The van der Waals surface area contributed by atoms with Crippen molar-refractivity contribution in [3.8, 4) is 11.5 Å². The second kappa shape index (κ2) is 11.2. The zero-order valence-corrected chi connectivity index (χ0v) is 19.5. The Morgan fingerprint density at radius 3 is 2.61 bits per heavy atom. The lowest BCUT2D eigenvalue weighted by molar-refractivity contribution is 0.572. The second-order valence-corrected chi connectivity index (χ2v) is 7.41. The summed E-state index contributed by atoms with van der Waals surface area (Å²) in [6.07, 6.45) is 2.60. The van der Waals surface area contributed by atoms with Crippen molar-refractivity contribution in [1.29, 1.82) is 0 Å². The second-order valence-electron chi connectivity index (χ2n) is 6.12. The van der Waals surface area contributed by atoms with Crippen molar-refractivity contribution >= 4 is 41.3 Å². The Hall–Kier alpha value is -1.94. The van der Waals surface area contributed by atoms with Crippen LogP contribution in [0.1, 0.15) is 28.2 Å². The van der Waals surface area contributed by atoms with Crippen LogP contribution >= 0.6 is 35.3 Å². The summed E-state index contributed by atoms with van der Waals surface area (Å²) in [5.74, 6) is 1.40. The van der Waals surface area contributed by atoms with E-state index in [4.69, 9.17) is 4.42 Å². The molecule has 2 N–H and O–H groups in total. The van der Waals surface area contributed by atoms with Crippen LogP contribution < -0.4 is 10.6 Å². The first kappa shape index (κ1) is 22.4. The summed E-state index contributed by atoms with van der Waals surface area (Å²) in [5, 5.41) is 7.75. The summed E-state index contributed by atoms with van der Waals surface area (Å²) in [7, 11) is 0. The van der Waals surface area contributed by atoms with Crippen molar-refractivity contribution < 1.29 is 4.42 Å². The normalized spacial score (nSPS) is 11.2. The average molecular weight is 511 g/mol. The van der Waals surface area contributed by atoms with Crippen LogP contribution in [0.4, 0.5) is 0 Å². The van der Waals surface area contributed by atoms with Gasteiger partial charge >= 0.3 is 0 Å². The first-order valence-electron chi connectivity index (χ1n) is 9.10. The molecule has 0 saturated carbocycles. The monoisotopic (exact) mass is 511 g/mol. The zero-order chi connectivity index (χ0) is 19.1. The first-order valence-corrected chi connectivity index (χ1v) is 9.92. The molecule has 0 aliphatic carbocycles. The zero-order valence-electron chi connectivity index (χ0n) is 16.4. The molecule has 0 spiro atoms. The van der Waals surface area contributed by atoms with Crippen LogP contribution in [0.15, 0.2) is 46.0 Å². The van der Waals surface area contributed by atoms with Gasteiger partial charge in [-0.2, -0.15) is 0 Å². The van der Waals surface area contributed by atoms with Gasteiger partial charge in [0, 0.05) is 30.0 Å². The summed E-state index contributed by atoms with van der Waals surface area (Å²) in [4.78, 5) is 14.9. The van der Waals surface area contributed by atoms with Gasteiger partial charge in [-0.05, 0) is 32.9 Å². The van der Waals surface area contributed by atoms with Crippen LogP contribution in [0.25, 0.3) is 11.5 Å². The number of thiazole rings is 1. The Morgan fingerprint density at radius 1 is 1.14 bits per heavy atom. The van der Waals surface area contributed by atoms with E-state index in [2.05, 4.69) is 39.4 Å². The fourth-order valence-corrected chi connectivity index (χ4v) is 3.63. The summed E-state index contributed by atoms with van der Waals surface area (Å²) in [6, 6.07) is 9.87. The number of rotatable bonds is 7. The molecule has 3 rings (SSSR count). The van der Waals surface area contributed by atoms with E-state index < -0.39 is 0 Å². The van der Waals surface area contributed by atoms with Crippen molar-refractivity contribution in [3.05, 3.63) is 57.9 Å². The van der Waals surface area contributed by atoms with Crippen LogP contribution in [0.2, 0.25) is 0 Å². The van der Waals surface area contributed by atoms with E-state index in [-0.39, 0.29) is 24.0 Å². The van der Waals surface area contributed by atoms with Gasteiger partial charge in [-0.1, -0.05) is 18.2 Å². The molecule has 2 aromatic heterocycles. The quantitative estimate of drug-likeness (QED) is 0.281. The predicted molar refractivity (Wildman–Crippen MR) is 125 cm³/mol. The number of hydrogen-bond donors (Lipinski definition) is 2. The molecule has 0 aliphatic rings. The van der Waals surface area contributed by atoms with Gasteiger partial charge in [-0.3, -0.25) is 0 Å². The third-order valence-electron chi connectivity index (χ3n) is 3.96. The van der Waals surface area contributed by atoms with E-state index in [1.54, 1.807) is 17.6 Å². The minimum atomic E-state index is 0. The maximum Gasteiger partial charge on any atom is 0.226 e. The minimum Gasteiger partial charge on any atom is -0.444 e. The van der Waals surface area contributed by atoms with E-state index >= 15 is 0 Å².